The van der Waals surface area contributed by atoms with E-state index in [4.69, 9.17) is 0 Å². The third-order valence-corrected chi connectivity index (χ3v) is 3.53. The predicted octanol–water partition coefficient (Wildman–Crippen LogP) is 1.80. The highest BCUT2D eigenvalue weighted by atomic mass is 16.3. The molecule has 2 nitrogen and oxygen atoms in total. The van der Waals surface area contributed by atoms with Crippen molar-refractivity contribution >= 4 is 0 Å². The maximum Gasteiger partial charge on any atom is 0.0829 e. The van der Waals surface area contributed by atoms with Gasteiger partial charge in [-0.3, -0.25) is 0 Å². The molecular formula is C11H22O2. The molecule has 0 aromatic heterocycles. The second kappa shape index (κ2) is 4.43. The molecule has 0 amide bonds. The molecular weight excluding hydrogens is 164 g/mol. The maximum atomic E-state index is 9.81. The summed E-state index contributed by atoms with van der Waals surface area (Å²) in [7, 11) is 0. The Balaban J connectivity index is 2.60. The molecule has 5 atom stereocenters. The Labute approximate surface area is 81.0 Å². The van der Waals surface area contributed by atoms with Crippen molar-refractivity contribution in [2.24, 2.45) is 17.8 Å². The van der Waals surface area contributed by atoms with E-state index in [1.165, 1.54) is 0 Å². The Morgan fingerprint density at radius 3 is 2.46 bits per heavy atom. The molecule has 1 rings (SSSR count). The van der Waals surface area contributed by atoms with Crippen LogP contribution in [0.3, 0.4) is 0 Å². The first-order valence-corrected chi connectivity index (χ1v) is 5.42. The third-order valence-electron chi connectivity index (χ3n) is 3.53. The highest BCUT2D eigenvalue weighted by Gasteiger charge is 2.36. The van der Waals surface area contributed by atoms with Crippen LogP contribution in [-0.2, 0) is 0 Å². The third kappa shape index (κ3) is 2.44. The van der Waals surface area contributed by atoms with E-state index < -0.39 is 12.2 Å². The second-order valence-corrected chi connectivity index (χ2v) is 4.68. The molecule has 0 aliphatic heterocycles. The Kier molecular flexibility index (Phi) is 3.74. The van der Waals surface area contributed by atoms with E-state index >= 15 is 0 Å². The minimum Gasteiger partial charge on any atom is -0.390 e. The lowest BCUT2D eigenvalue weighted by molar-refractivity contribution is -0.0742. The molecule has 0 radical (unpaired) electrons. The molecule has 0 bridgehead atoms. The van der Waals surface area contributed by atoms with Gasteiger partial charge in [-0.15, -0.1) is 0 Å². The summed E-state index contributed by atoms with van der Waals surface area (Å²) in [5, 5.41) is 19.4. The van der Waals surface area contributed by atoms with Crippen LogP contribution in [0.15, 0.2) is 0 Å². The number of aliphatic hydroxyl groups excluding tert-OH is 2. The van der Waals surface area contributed by atoms with Crippen LogP contribution in [0.4, 0.5) is 0 Å². The van der Waals surface area contributed by atoms with Gasteiger partial charge in [0.05, 0.1) is 12.2 Å². The van der Waals surface area contributed by atoms with Crippen molar-refractivity contribution in [1.82, 2.24) is 0 Å². The SMILES string of the molecule is CCC(C)C1CC(C)CC(O)C1O. The van der Waals surface area contributed by atoms with Crippen LogP contribution < -0.4 is 0 Å². The van der Waals surface area contributed by atoms with Gasteiger partial charge in [0.2, 0.25) is 0 Å². The van der Waals surface area contributed by atoms with Crippen LogP contribution in [0.5, 0.6) is 0 Å². The van der Waals surface area contributed by atoms with Crippen LogP contribution in [0.25, 0.3) is 0 Å². The van der Waals surface area contributed by atoms with Gasteiger partial charge >= 0.3 is 0 Å². The fourth-order valence-electron chi connectivity index (χ4n) is 2.41. The van der Waals surface area contributed by atoms with E-state index in [1.54, 1.807) is 0 Å². The lowest BCUT2D eigenvalue weighted by atomic mass is 9.72. The van der Waals surface area contributed by atoms with Gasteiger partial charge in [0, 0.05) is 0 Å². The fourth-order valence-corrected chi connectivity index (χ4v) is 2.41. The molecule has 0 aromatic rings. The molecule has 2 heteroatoms. The van der Waals surface area contributed by atoms with Gasteiger partial charge in [0.1, 0.15) is 0 Å². The monoisotopic (exact) mass is 186 g/mol. The molecule has 5 unspecified atom stereocenters. The summed E-state index contributed by atoms with van der Waals surface area (Å²) in [4.78, 5) is 0. The minimum atomic E-state index is -0.497. The van der Waals surface area contributed by atoms with Crippen molar-refractivity contribution in [3.63, 3.8) is 0 Å². The number of hydrogen-bond donors (Lipinski definition) is 2. The summed E-state index contributed by atoms with van der Waals surface area (Å²) >= 11 is 0. The lowest BCUT2D eigenvalue weighted by Crippen LogP contribution is -2.42. The Morgan fingerprint density at radius 1 is 1.31 bits per heavy atom. The van der Waals surface area contributed by atoms with Gasteiger partial charge in [-0.25, -0.2) is 0 Å². The van der Waals surface area contributed by atoms with Crippen molar-refractivity contribution in [1.29, 1.82) is 0 Å². The van der Waals surface area contributed by atoms with Gasteiger partial charge in [-0.1, -0.05) is 27.2 Å². The predicted molar refractivity (Wildman–Crippen MR) is 53.4 cm³/mol. The maximum absolute atomic E-state index is 9.81. The smallest absolute Gasteiger partial charge is 0.0829 e. The number of hydrogen-bond acceptors (Lipinski definition) is 2. The first-order valence-electron chi connectivity index (χ1n) is 5.42. The molecule has 2 N–H and O–H groups in total. The molecule has 0 aromatic carbocycles. The van der Waals surface area contributed by atoms with E-state index in [2.05, 4.69) is 20.8 Å². The Hall–Kier alpha value is -0.0800. The molecule has 0 heterocycles. The first-order chi connectivity index (χ1) is 6.06. The van der Waals surface area contributed by atoms with Gasteiger partial charge in [-0.2, -0.15) is 0 Å². The highest BCUT2D eigenvalue weighted by Crippen LogP contribution is 2.35. The van der Waals surface area contributed by atoms with Gasteiger partial charge in [0.15, 0.2) is 0 Å². The zero-order valence-electron chi connectivity index (χ0n) is 8.90. The summed E-state index contributed by atoms with van der Waals surface area (Å²) < 4.78 is 0. The molecule has 1 aliphatic rings. The zero-order chi connectivity index (χ0) is 10.0. The first kappa shape index (κ1) is 11.0. The van der Waals surface area contributed by atoms with Crippen molar-refractivity contribution in [3.8, 4) is 0 Å². The summed E-state index contributed by atoms with van der Waals surface area (Å²) in [6.07, 6.45) is 1.91. The Bertz CT molecular complexity index is 158. The van der Waals surface area contributed by atoms with E-state index in [9.17, 15) is 10.2 Å². The average molecular weight is 186 g/mol. The van der Waals surface area contributed by atoms with E-state index in [-0.39, 0.29) is 0 Å². The second-order valence-electron chi connectivity index (χ2n) is 4.68. The molecule has 78 valence electrons. The van der Waals surface area contributed by atoms with E-state index in [0.717, 1.165) is 19.3 Å². The standard InChI is InChI=1S/C11H22O2/c1-4-8(3)9-5-7(2)6-10(12)11(9)13/h7-13H,4-6H2,1-3H3. The Morgan fingerprint density at radius 2 is 1.92 bits per heavy atom. The van der Waals surface area contributed by atoms with Crippen LogP contribution >= 0.6 is 0 Å². The van der Waals surface area contributed by atoms with E-state index in [1.807, 2.05) is 0 Å². The van der Waals surface area contributed by atoms with E-state index in [0.29, 0.717) is 17.8 Å². The van der Waals surface area contributed by atoms with Crippen molar-refractivity contribution < 1.29 is 10.2 Å². The minimum absolute atomic E-state index is 0.295. The van der Waals surface area contributed by atoms with Gasteiger partial charge in [-0.05, 0) is 30.6 Å². The molecule has 1 saturated carbocycles. The van der Waals surface area contributed by atoms with Gasteiger partial charge < -0.3 is 10.2 Å². The molecule has 1 fully saturated rings. The molecule has 13 heavy (non-hydrogen) atoms. The topological polar surface area (TPSA) is 40.5 Å². The lowest BCUT2D eigenvalue weighted by Gasteiger charge is -2.38. The van der Waals surface area contributed by atoms with Gasteiger partial charge in [0.25, 0.3) is 0 Å². The number of aliphatic hydroxyl groups is 2. The van der Waals surface area contributed by atoms with Crippen LogP contribution in [0.2, 0.25) is 0 Å². The largest absolute Gasteiger partial charge is 0.390 e. The summed E-state index contributed by atoms with van der Waals surface area (Å²) in [6.45, 7) is 6.46. The quantitative estimate of drug-likeness (QED) is 0.690. The average Bonchev–Trinajstić information content (AvgIpc) is 2.10. The van der Waals surface area contributed by atoms with Crippen molar-refractivity contribution in [2.75, 3.05) is 0 Å². The fraction of sp³-hybridized carbons (Fsp3) is 1.00. The van der Waals surface area contributed by atoms with Crippen LogP contribution in [-0.4, -0.2) is 22.4 Å². The summed E-state index contributed by atoms with van der Waals surface area (Å²) in [6, 6.07) is 0. The summed E-state index contributed by atoms with van der Waals surface area (Å²) in [5.41, 5.74) is 0. The van der Waals surface area contributed by atoms with Crippen LogP contribution in [0, 0.1) is 17.8 Å². The van der Waals surface area contributed by atoms with Crippen molar-refractivity contribution in [2.45, 2.75) is 52.2 Å². The van der Waals surface area contributed by atoms with Crippen LogP contribution in [0.1, 0.15) is 40.0 Å². The highest BCUT2D eigenvalue weighted by molar-refractivity contribution is 4.86. The zero-order valence-corrected chi connectivity index (χ0v) is 8.90. The molecule has 0 saturated heterocycles. The number of rotatable bonds is 2. The normalized spacial score (nSPS) is 43.2. The summed E-state index contributed by atoms with van der Waals surface area (Å²) in [5.74, 6) is 1.37. The van der Waals surface area contributed by atoms with Crippen molar-refractivity contribution in [3.05, 3.63) is 0 Å². The molecule has 1 aliphatic carbocycles. The molecule has 0 spiro atoms.